The second-order valence-electron chi connectivity index (χ2n) is 21.0. The minimum absolute atomic E-state index is 0.00438. The molecule has 0 spiro atoms. The number of carbonyl (C=O) groups is 2. The Balaban J connectivity index is 3.42. The fourth-order valence-electron chi connectivity index (χ4n) is 9.64. The molecule has 0 saturated carbocycles. The van der Waals surface area contributed by atoms with E-state index in [1.165, 1.54) is 257 Å². The molecule has 0 aromatic heterocycles. The number of carbonyl (C=O) groups excluding carboxylic acids is 2. The van der Waals surface area contributed by atoms with Crippen LogP contribution in [0.2, 0.25) is 0 Å². The first-order valence-corrected chi connectivity index (χ1v) is 30.4. The Hall–Kier alpha value is -1.40. The number of esters is 1. The predicted octanol–water partition coefficient (Wildman–Crippen LogP) is 18.9. The lowest BCUT2D eigenvalue weighted by molar-refractivity contribution is -0.143. The second kappa shape index (κ2) is 57.2. The molecule has 0 rings (SSSR count). The zero-order valence-corrected chi connectivity index (χ0v) is 45.4. The monoisotopic (exact) mass is 946 g/mol. The van der Waals surface area contributed by atoms with Gasteiger partial charge in [-0.3, -0.25) is 9.59 Å². The summed E-state index contributed by atoms with van der Waals surface area (Å²) in [5, 5.41) is 23.3. The molecule has 0 aromatic carbocycles. The lowest BCUT2D eigenvalue weighted by Crippen LogP contribution is -2.45. The highest BCUT2D eigenvalue weighted by Crippen LogP contribution is 2.18. The standard InChI is InChI=1S/C61H119NO5/c1-3-5-7-9-11-13-15-17-19-21-22-24-25-29-33-37-41-45-49-53-59(64)58(57-63)62-60(65)54-50-46-42-38-34-30-27-28-32-36-40-44-48-52-56-67-61(66)55-51-47-43-39-35-31-26-23-20-18-16-14-12-10-8-6-4-2/h18,20,58-59,63-64H,3-17,19,21-57H2,1-2H3,(H,62,65)/b20-18-. The molecule has 2 unspecified atom stereocenters. The van der Waals surface area contributed by atoms with E-state index >= 15 is 0 Å². The zero-order valence-electron chi connectivity index (χ0n) is 45.4. The van der Waals surface area contributed by atoms with Gasteiger partial charge < -0.3 is 20.3 Å². The number of rotatable bonds is 57. The molecule has 1 amide bonds. The van der Waals surface area contributed by atoms with Gasteiger partial charge in [0.1, 0.15) is 0 Å². The van der Waals surface area contributed by atoms with Crippen molar-refractivity contribution in [1.29, 1.82) is 0 Å². The SMILES string of the molecule is CCCCCCCC/C=C\CCCCCCCCCC(=O)OCCCCCCCCCCCCCCCCC(=O)NC(CO)C(O)CCCCCCCCCCCCCCCCCCCCC. The summed E-state index contributed by atoms with van der Waals surface area (Å²) in [4.78, 5) is 24.6. The summed E-state index contributed by atoms with van der Waals surface area (Å²) in [5.41, 5.74) is 0. The van der Waals surface area contributed by atoms with Crippen molar-refractivity contribution in [3.63, 3.8) is 0 Å². The molecule has 0 aromatic rings. The van der Waals surface area contributed by atoms with E-state index in [9.17, 15) is 19.8 Å². The number of aliphatic hydroxyl groups excluding tert-OH is 2. The van der Waals surface area contributed by atoms with Crippen LogP contribution in [0, 0.1) is 0 Å². The van der Waals surface area contributed by atoms with Gasteiger partial charge in [-0.25, -0.2) is 0 Å². The Morgan fingerprint density at radius 1 is 0.403 bits per heavy atom. The molecule has 398 valence electrons. The molecule has 6 nitrogen and oxygen atoms in total. The van der Waals surface area contributed by atoms with Gasteiger partial charge in [0.25, 0.3) is 0 Å². The van der Waals surface area contributed by atoms with Crippen LogP contribution < -0.4 is 5.32 Å². The maximum Gasteiger partial charge on any atom is 0.305 e. The number of amides is 1. The van der Waals surface area contributed by atoms with Gasteiger partial charge in [0.15, 0.2) is 0 Å². The molecular weight excluding hydrogens is 827 g/mol. The number of unbranched alkanes of at least 4 members (excludes halogenated alkanes) is 44. The average Bonchev–Trinajstić information content (AvgIpc) is 3.33. The predicted molar refractivity (Wildman–Crippen MR) is 292 cm³/mol. The lowest BCUT2D eigenvalue weighted by Gasteiger charge is -2.22. The van der Waals surface area contributed by atoms with Crippen LogP contribution in [0.3, 0.4) is 0 Å². The number of hydrogen-bond donors (Lipinski definition) is 3. The van der Waals surface area contributed by atoms with Crippen molar-refractivity contribution < 1.29 is 24.5 Å². The minimum atomic E-state index is -0.671. The third kappa shape index (κ3) is 53.8. The van der Waals surface area contributed by atoms with Crippen LogP contribution in [0.4, 0.5) is 0 Å². The molecule has 3 N–H and O–H groups in total. The summed E-state index contributed by atoms with van der Waals surface area (Å²) in [5.74, 6) is -0.0465. The molecule has 0 bridgehead atoms. The highest BCUT2D eigenvalue weighted by Gasteiger charge is 2.20. The first-order chi connectivity index (χ1) is 33.0. The molecule has 0 aliphatic heterocycles. The van der Waals surface area contributed by atoms with Crippen LogP contribution in [0.1, 0.15) is 341 Å². The molecule has 6 heteroatoms. The molecule has 2 atom stereocenters. The molecule has 0 fully saturated rings. The quantitative estimate of drug-likeness (QED) is 0.0321. The summed E-state index contributed by atoms with van der Waals surface area (Å²) in [6, 6.07) is -0.550. The third-order valence-electron chi connectivity index (χ3n) is 14.3. The Morgan fingerprint density at radius 3 is 1.06 bits per heavy atom. The van der Waals surface area contributed by atoms with Crippen molar-refractivity contribution in [2.45, 2.75) is 353 Å². The van der Waals surface area contributed by atoms with Crippen LogP contribution in [0.25, 0.3) is 0 Å². The molecule has 0 aliphatic rings. The van der Waals surface area contributed by atoms with E-state index in [0.29, 0.717) is 25.9 Å². The van der Waals surface area contributed by atoms with E-state index in [-0.39, 0.29) is 18.5 Å². The van der Waals surface area contributed by atoms with Crippen molar-refractivity contribution in [2.75, 3.05) is 13.2 Å². The molecule has 0 heterocycles. The van der Waals surface area contributed by atoms with E-state index in [4.69, 9.17) is 4.74 Å². The van der Waals surface area contributed by atoms with E-state index in [0.717, 1.165) is 51.4 Å². The fraction of sp³-hybridized carbons (Fsp3) is 0.934. The van der Waals surface area contributed by atoms with Crippen molar-refractivity contribution >= 4 is 11.9 Å². The summed E-state index contributed by atoms with van der Waals surface area (Å²) < 4.78 is 5.48. The Labute approximate surface area is 419 Å². The van der Waals surface area contributed by atoms with Gasteiger partial charge >= 0.3 is 5.97 Å². The number of aliphatic hydroxyl groups is 2. The molecule has 0 aliphatic carbocycles. The Bertz CT molecular complexity index is 1000. The van der Waals surface area contributed by atoms with E-state index < -0.39 is 12.1 Å². The van der Waals surface area contributed by atoms with Gasteiger partial charge in [-0.2, -0.15) is 0 Å². The smallest absolute Gasteiger partial charge is 0.305 e. The summed E-state index contributed by atoms with van der Waals surface area (Å²) >= 11 is 0. The number of nitrogens with one attached hydrogen (secondary N) is 1. The highest BCUT2D eigenvalue weighted by molar-refractivity contribution is 5.76. The zero-order chi connectivity index (χ0) is 48.6. The van der Waals surface area contributed by atoms with E-state index in [2.05, 4.69) is 31.3 Å². The Kier molecular flexibility index (Phi) is 56.0. The molecule has 67 heavy (non-hydrogen) atoms. The van der Waals surface area contributed by atoms with Crippen molar-refractivity contribution in [2.24, 2.45) is 0 Å². The molecule has 0 radical (unpaired) electrons. The van der Waals surface area contributed by atoms with Gasteiger partial charge in [0.05, 0.1) is 25.4 Å². The van der Waals surface area contributed by atoms with Gasteiger partial charge in [0, 0.05) is 12.8 Å². The van der Waals surface area contributed by atoms with Crippen LogP contribution in [0.15, 0.2) is 12.2 Å². The maximum atomic E-state index is 12.5. The molecule has 0 saturated heterocycles. The fourth-order valence-corrected chi connectivity index (χ4v) is 9.64. The topological polar surface area (TPSA) is 95.9 Å². The first kappa shape index (κ1) is 65.6. The number of ether oxygens (including phenoxy) is 1. The average molecular weight is 947 g/mol. The normalized spacial score (nSPS) is 12.6. The van der Waals surface area contributed by atoms with Crippen molar-refractivity contribution in [3.05, 3.63) is 12.2 Å². The van der Waals surface area contributed by atoms with Gasteiger partial charge in [0.2, 0.25) is 5.91 Å². The van der Waals surface area contributed by atoms with E-state index in [1.807, 2.05) is 0 Å². The van der Waals surface area contributed by atoms with Crippen LogP contribution >= 0.6 is 0 Å². The first-order valence-electron chi connectivity index (χ1n) is 30.4. The van der Waals surface area contributed by atoms with Crippen molar-refractivity contribution in [3.8, 4) is 0 Å². The van der Waals surface area contributed by atoms with Gasteiger partial charge in [-0.05, 0) is 51.4 Å². The minimum Gasteiger partial charge on any atom is -0.466 e. The summed E-state index contributed by atoms with van der Waals surface area (Å²) in [6.45, 7) is 4.95. The maximum absolute atomic E-state index is 12.5. The summed E-state index contributed by atoms with van der Waals surface area (Å²) in [6.07, 6.45) is 67.7. The summed E-state index contributed by atoms with van der Waals surface area (Å²) in [7, 11) is 0. The van der Waals surface area contributed by atoms with Gasteiger partial charge in [-0.1, -0.05) is 289 Å². The second-order valence-corrected chi connectivity index (χ2v) is 21.0. The van der Waals surface area contributed by atoms with E-state index in [1.54, 1.807) is 0 Å². The van der Waals surface area contributed by atoms with Crippen molar-refractivity contribution in [1.82, 2.24) is 5.32 Å². The third-order valence-corrected chi connectivity index (χ3v) is 14.3. The lowest BCUT2D eigenvalue weighted by atomic mass is 10.0. The largest absolute Gasteiger partial charge is 0.466 e. The van der Waals surface area contributed by atoms with Crippen LogP contribution in [0.5, 0.6) is 0 Å². The van der Waals surface area contributed by atoms with Crippen LogP contribution in [-0.4, -0.2) is 47.4 Å². The number of allylic oxidation sites excluding steroid dienone is 2. The molecular formula is C61H119NO5. The van der Waals surface area contributed by atoms with Crippen LogP contribution in [-0.2, 0) is 14.3 Å². The Morgan fingerprint density at radius 2 is 0.701 bits per heavy atom. The number of hydrogen-bond acceptors (Lipinski definition) is 5. The van der Waals surface area contributed by atoms with Gasteiger partial charge in [-0.15, -0.1) is 0 Å². The highest BCUT2D eigenvalue weighted by atomic mass is 16.5.